The van der Waals surface area contributed by atoms with E-state index >= 15 is 0 Å². The lowest BCUT2D eigenvalue weighted by Crippen LogP contribution is -2.46. The monoisotopic (exact) mass is 539 g/mol. The van der Waals surface area contributed by atoms with E-state index in [0.29, 0.717) is 40.7 Å². The molecule has 2 heterocycles. The Morgan fingerprint density at radius 3 is 2.18 bits per heavy atom. The highest BCUT2D eigenvalue weighted by atomic mass is 16.5. The fraction of sp³-hybridized carbons (Fsp3) is 0.533. The topological polar surface area (TPSA) is 89.6 Å². The maximum Gasteiger partial charge on any atom is 0.254 e. The van der Waals surface area contributed by atoms with Crippen LogP contribution in [0.15, 0.2) is 30.3 Å². The quantitative estimate of drug-likeness (QED) is 0.459. The van der Waals surface area contributed by atoms with Gasteiger partial charge in [0.1, 0.15) is 0 Å². The largest absolute Gasteiger partial charge is 0.493 e. The van der Waals surface area contributed by atoms with Crippen molar-refractivity contribution in [2.45, 2.75) is 38.1 Å². The number of rotatable bonds is 10. The molecule has 2 aliphatic rings. The highest BCUT2D eigenvalue weighted by molar-refractivity contribution is 6.02. The summed E-state index contributed by atoms with van der Waals surface area (Å²) < 4.78 is 22.0. The molecule has 2 aromatic rings. The summed E-state index contributed by atoms with van der Waals surface area (Å²) >= 11 is 0. The second-order valence-corrected chi connectivity index (χ2v) is 10.4. The lowest BCUT2D eigenvalue weighted by atomic mass is 9.79. The molecule has 39 heavy (non-hydrogen) atoms. The van der Waals surface area contributed by atoms with E-state index in [-0.39, 0.29) is 11.8 Å². The highest BCUT2D eigenvalue weighted by Crippen LogP contribution is 2.46. The van der Waals surface area contributed by atoms with Crippen LogP contribution in [-0.4, -0.2) is 83.3 Å². The fourth-order valence-corrected chi connectivity index (χ4v) is 5.69. The maximum atomic E-state index is 13.9. The zero-order valence-corrected chi connectivity index (χ0v) is 23.9. The number of methoxy groups -OCH3 is 4. The molecule has 9 heteroatoms. The molecule has 0 radical (unpaired) electrons. The average Bonchev–Trinajstić information content (AvgIpc) is 2.96. The Bertz CT molecular complexity index is 1180. The minimum Gasteiger partial charge on any atom is -0.493 e. The zero-order valence-electron chi connectivity index (χ0n) is 23.9. The van der Waals surface area contributed by atoms with Crippen LogP contribution in [-0.2, 0) is 4.79 Å². The van der Waals surface area contributed by atoms with Gasteiger partial charge in [-0.05, 0) is 80.2 Å². The number of amides is 2. The molecule has 2 aromatic carbocycles. The molecule has 212 valence electrons. The number of likely N-dealkylation sites (N-methyl/N-ethyl adjacent to an activating group) is 1. The third-order valence-electron chi connectivity index (χ3n) is 8.03. The summed E-state index contributed by atoms with van der Waals surface area (Å²) in [6.45, 7) is 6.04. The van der Waals surface area contributed by atoms with E-state index in [0.717, 1.165) is 37.5 Å². The van der Waals surface area contributed by atoms with Crippen LogP contribution in [0, 0.1) is 5.92 Å². The van der Waals surface area contributed by atoms with Gasteiger partial charge in [-0.25, -0.2) is 0 Å². The molecular formula is C30H41N3O6. The van der Waals surface area contributed by atoms with Crippen molar-refractivity contribution in [1.82, 2.24) is 15.1 Å². The Morgan fingerprint density at radius 1 is 0.923 bits per heavy atom. The molecule has 2 atom stereocenters. The van der Waals surface area contributed by atoms with Crippen LogP contribution in [0.2, 0.25) is 0 Å². The van der Waals surface area contributed by atoms with E-state index < -0.39 is 12.0 Å². The Hall–Kier alpha value is -3.46. The smallest absolute Gasteiger partial charge is 0.254 e. The van der Waals surface area contributed by atoms with Gasteiger partial charge in [0.05, 0.1) is 40.4 Å². The van der Waals surface area contributed by atoms with Crippen LogP contribution < -0.4 is 24.3 Å². The third kappa shape index (κ3) is 5.93. The lowest BCUT2D eigenvalue weighted by molar-refractivity contribution is -0.124. The van der Waals surface area contributed by atoms with Crippen molar-refractivity contribution in [3.05, 3.63) is 47.0 Å². The number of ether oxygens (including phenoxy) is 4. The lowest BCUT2D eigenvalue weighted by Gasteiger charge is -2.40. The predicted octanol–water partition coefficient (Wildman–Crippen LogP) is 3.87. The first-order valence-corrected chi connectivity index (χ1v) is 13.6. The standard InChI is InChI=1S/C30H41N3O6/c1-19-10-14-33(15-11-19)13-7-12-31-29(34)27-21-17-25(38-5)26(39-6)18-22(21)30(35)32(2)28(27)20-8-9-23(36-3)24(16-20)37-4/h8-9,16-19,27-28H,7,10-15H2,1-6H3,(H,31,34)/t27-,28+/m0/s1. The molecule has 2 amide bonds. The van der Waals surface area contributed by atoms with Gasteiger partial charge in [0.2, 0.25) is 5.91 Å². The maximum absolute atomic E-state index is 13.9. The summed E-state index contributed by atoms with van der Waals surface area (Å²) in [6.07, 6.45) is 3.31. The van der Waals surface area contributed by atoms with Crippen LogP contribution in [0.3, 0.4) is 0 Å². The Labute approximate surface area is 231 Å². The van der Waals surface area contributed by atoms with Gasteiger partial charge in [0.25, 0.3) is 5.91 Å². The number of piperidine rings is 1. The van der Waals surface area contributed by atoms with Gasteiger partial charge in [-0.3, -0.25) is 9.59 Å². The number of hydrogen-bond acceptors (Lipinski definition) is 7. The summed E-state index contributed by atoms with van der Waals surface area (Å²) in [5.74, 6) is 1.79. The number of carbonyl (C=O) groups excluding carboxylic acids is 2. The number of carbonyl (C=O) groups is 2. The summed E-state index contributed by atoms with van der Waals surface area (Å²) in [4.78, 5) is 31.6. The predicted molar refractivity (Wildman–Crippen MR) is 149 cm³/mol. The SMILES string of the molecule is COc1ccc([C@@H]2[C@@H](C(=O)NCCCN3CCC(C)CC3)c3cc(OC)c(OC)cc3C(=O)N2C)cc1OC. The van der Waals surface area contributed by atoms with Crippen molar-refractivity contribution in [3.63, 3.8) is 0 Å². The van der Waals surface area contributed by atoms with Crippen LogP contribution >= 0.6 is 0 Å². The normalized spacial score (nSPS) is 19.8. The van der Waals surface area contributed by atoms with Crippen LogP contribution in [0.5, 0.6) is 23.0 Å². The van der Waals surface area contributed by atoms with Gasteiger partial charge in [-0.2, -0.15) is 0 Å². The molecular weight excluding hydrogens is 498 g/mol. The number of nitrogens with zero attached hydrogens (tertiary/aromatic N) is 2. The van der Waals surface area contributed by atoms with Gasteiger partial charge >= 0.3 is 0 Å². The number of hydrogen-bond donors (Lipinski definition) is 1. The molecule has 9 nitrogen and oxygen atoms in total. The van der Waals surface area contributed by atoms with Crippen molar-refractivity contribution in [2.75, 3.05) is 61.7 Å². The summed E-state index contributed by atoms with van der Waals surface area (Å²) in [6, 6.07) is 8.36. The van der Waals surface area contributed by atoms with Crippen LogP contribution in [0.1, 0.15) is 59.6 Å². The molecule has 4 rings (SSSR count). The molecule has 0 aromatic heterocycles. The molecule has 1 fully saturated rings. The van der Waals surface area contributed by atoms with Gasteiger partial charge in [0.15, 0.2) is 23.0 Å². The molecule has 0 spiro atoms. The van der Waals surface area contributed by atoms with Crippen LogP contribution in [0.4, 0.5) is 0 Å². The van der Waals surface area contributed by atoms with Crippen molar-refractivity contribution in [2.24, 2.45) is 5.92 Å². The van der Waals surface area contributed by atoms with E-state index in [1.165, 1.54) is 20.0 Å². The second-order valence-electron chi connectivity index (χ2n) is 10.4. The Kier molecular flexibility index (Phi) is 9.22. The van der Waals surface area contributed by atoms with Crippen molar-refractivity contribution in [1.29, 1.82) is 0 Å². The first-order valence-electron chi connectivity index (χ1n) is 13.6. The minimum absolute atomic E-state index is 0.144. The zero-order chi connectivity index (χ0) is 28.1. The second kappa shape index (κ2) is 12.6. The van der Waals surface area contributed by atoms with Crippen molar-refractivity contribution < 1.29 is 28.5 Å². The average molecular weight is 540 g/mol. The van der Waals surface area contributed by atoms with E-state index in [1.54, 1.807) is 51.5 Å². The van der Waals surface area contributed by atoms with Gasteiger partial charge in [0, 0.05) is 19.2 Å². The first kappa shape index (κ1) is 28.5. The number of benzene rings is 2. The van der Waals surface area contributed by atoms with Crippen molar-refractivity contribution >= 4 is 11.8 Å². The number of fused-ring (bicyclic) bond motifs is 1. The Balaban J connectivity index is 1.66. The molecule has 0 bridgehead atoms. The summed E-state index contributed by atoms with van der Waals surface area (Å²) in [5, 5.41) is 3.16. The van der Waals surface area contributed by atoms with Gasteiger partial charge in [-0.15, -0.1) is 0 Å². The fourth-order valence-electron chi connectivity index (χ4n) is 5.69. The van der Waals surface area contributed by atoms with E-state index in [4.69, 9.17) is 18.9 Å². The van der Waals surface area contributed by atoms with E-state index in [9.17, 15) is 9.59 Å². The van der Waals surface area contributed by atoms with Gasteiger partial charge < -0.3 is 34.1 Å². The van der Waals surface area contributed by atoms with Crippen molar-refractivity contribution in [3.8, 4) is 23.0 Å². The molecule has 0 aliphatic carbocycles. The van der Waals surface area contributed by atoms with Crippen LogP contribution in [0.25, 0.3) is 0 Å². The van der Waals surface area contributed by atoms with E-state index in [2.05, 4.69) is 17.1 Å². The molecule has 2 aliphatic heterocycles. The first-order chi connectivity index (χ1) is 18.8. The number of nitrogens with one attached hydrogen (secondary N) is 1. The summed E-state index contributed by atoms with van der Waals surface area (Å²) in [7, 11) is 7.94. The molecule has 1 saturated heterocycles. The summed E-state index contributed by atoms with van der Waals surface area (Å²) in [5.41, 5.74) is 1.80. The minimum atomic E-state index is -0.670. The molecule has 1 N–H and O–H groups in total. The van der Waals surface area contributed by atoms with E-state index in [1.807, 2.05) is 12.1 Å². The Morgan fingerprint density at radius 2 is 1.54 bits per heavy atom. The number of likely N-dealkylation sites (tertiary alicyclic amines) is 1. The molecule has 0 saturated carbocycles. The van der Waals surface area contributed by atoms with Gasteiger partial charge in [-0.1, -0.05) is 13.0 Å². The highest BCUT2D eigenvalue weighted by Gasteiger charge is 2.43. The third-order valence-corrected chi connectivity index (χ3v) is 8.03. The molecule has 0 unspecified atom stereocenters.